The van der Waals surface area contributed by atoms with E-state index in [4.69, 9.17) is 0 Å². The molecule has 0 radical (unpaired) electrons. The minimum absolute atomic E-state index is 0. The molecule has 4 bridgehead atoms. The van der Waals surface area contributed by atoms with E-state index < -0.39 is 0 Å². The molecule has 2 fully saturated rings. The van der Waals surface area contributed by atoms with Gasteiger partial charge in [0.2, 0.25) is 0 Å². The third-order valence-corrected chi connectivity index (χ3v) is 4.81. The summed E-state index contributed by atoms with van der Waals surface area (Å²) in [5, 5.41) is 0. The summed E-state index contributed by atoms with van der Waals surface area (Å²) in [5.74, 6) is 3.09. The van der Waals surface area contributed by atoms with E-state index in [9.17, 15) is 0 Å². The molecule has 0 aromatic carbocycles. The largest absolute Gasteiger partial charge is 1.00 e. The number of nitrogens with zero attached hydrogens (tertiary/aromatic N) is 1. The molecule has 2 unspecified atom stereocenters. The van der Waals surface area contributed by atoms with Gasteiger partial charge in [-0.05, 0) is 31.1 Å². The monoisotopic (exact) mass is 305 g/mol. The Hall–Kier alpha value is 0.400. The zero-order chi connectivity index (χ0) is 9.00. The van der Waals surface area contributed by atoms with Gasteiger partial charge in [-0.25, -0.2) is 4.58 Å². The van der Waals surface area contributed by atoms with E-state index >= 15 is 0 Å². The molecule has 0 aromatic heterocycles. The van der Waals surface area contributed by atoms with Crippen LogP contribution >= 0.6 is 0 Å². The van der Waals surface area contributed by atoms with Crippen molar-refractivity contribution < 1.29 is 28.6 Å². The lowest BCUT2D eigenvalue weighted by Gasteiger charge is -2.35. The fourth-order valence-corrected chi connectivity index (χ4v) is 4.05. The third kappa shape index (κ3) is 1.54. The van der Waals surface area contributed by atoms with Crippen LogP contribution in [0.5, 0.6) is 0 Å². The number of halogens is 1. The quantitative estimate of drug-likeness (QED) is 0.411. The lowest BCUT2D eigenvalue weighted by atomic mass is 9.67. The zero-order valence-corrected chi connectivity index (χ0v) is 11.3. The number of rotatable bonds is 0. The van der Waals surface area contributed by atoms with E-state index in [-0.39, 0.29) is 24.0 Å². The van der Waals surface area contributed by atoms with Crippen molar-refractivity contribution in [3.8, 4) is 0 Å². The molecule has 0 saturated heterocycles. The molecule has 0 spiro atoms. The summed E-state index contributed by atoms with van der Waals surface area (Å²) in [6.07, 6.45) is 7.53. The van der Waals surface area contributed by atoms with Crippen molar-refractivity contribution in [2.45, 2.75) is 45.1 Å². The van der Waals surface area contributed by atoms with Gasteiger partial charge >= 0.3 is 0 Å². The molecule has 80 valence electrons. The van der Waals surface area contributed by atoms with Crippen LogP contribution in [-0.2, 0) is 0 Å². The fourth-order valence-electron chi connectivity index (χ4n) is 4.05. The van der Waals surface area contributed by atoms with E-state index in [0.29, 0.717) is 0 Å². The highest BCUT2D eigenvalue weighted by atomic mass is 127. The van der Waals surface area contributed by atoms with E-state index in [1.165, 1.54) is 25.7 Å². The summed E-state index contributed by atoms with van der Waals surface area (Å²) < 4.78 is 2.60. The van der Waals surface area contributed by atoms with Crippen LogP contribution in [0, 0.1) is 17.8 Å². The Morgan fingerprint density at radius 1 is 1.00 bits per heavy atom. The summed E-state index contributed by atoms with van der Waals surface area (Å²) in [6.45, 7) is 2.37. The Balaban J connectivity index is 0.000000750. The van der Waals surface area contributed by atoms with Gasteiger partial charge in [0.15, 0.2) is 11.8 Å². The Labute approximate surface area is 104 Å². The molecular weight excluding hydrogens is 285 g/mol. The number of hydrogen-bond acceptors (Lipinski definition) is 0. The summed E-state index contributed by atoms with van der Waals surface area (Å²) in [5.41, 5.74) is 1.69. The van der Waals surface area contributed by atoms with Crippen molar-refractivity contribution in [1.82, 2.24) is 0 Å². The average Bonchev–Trinajstić information content (AvgIpc) is 2.23. The average molecular weight is 305 g/mol. The Bertz CT molecular complexity index is 233. The van der Waals surface area contributed by atoms with Crippen molar-refractivity contribution in [2.75, 3.05) is 7.05 Å². The van der Waals surface area contributed by atoms with Crippen LogP contribution in [0.1, 0.15) is 39.0 Å². The fraction of sp³-hybridized carbons (Fsp3) is 0.917. The van der Waals surface area contributed by atoms with Crippen molar-refractivity contribution in [3.05, 3.63) is 0 Å². The topological polar surface area (TPSA) is 3.01 Å². The van der Waals surface area contributed by atoms with Crippen molar-refractivity contribution >= 4 is 5.71 Å². The van der Waals surface area contributed by atoms with Gasteiger partial charge in [0.05, 0.1) is 0 Å². The predicted octanol–water partition coefficient (Wildman–Crippen LogP) is -0.698. The smallest absolute Gasteiger partial charge is 0.152 e. The van der Waals surface area contributed by atoms with Crippen LogP contribution in [-0.4, -0.2) is 23.4 Å². The van der Waals surface area contributed by atoms with Gasteiger partial charge in [-0.15, -0.1) is 0 Å². The molecule has 2 heteroatoms. The van der Waals surface area contributed by atoms with Gasteiger partial charge in [-0.2, -0.15) is 0 Å². The van der Waals surface area contributed by atoms with Gasteiger partial charge in [0.25, 0.3) is 0 Å². The lowest BCUT2D eigenvalue weighted by molar-refractivity contribution is -0.543. The standard InChI is InChI=1S/C12H20N.HI/c1-8-11-4-9-3-10(5-11)7-12(6-9)13(8)2;/h9-12H,3-7H2,1-2H3;1H/q+1;/p-1. The molecule has 0 N–H and O–H groups in total. The summed E-state index contributed by atoms with van der Waals surface area (Å²) in [4.78, 5) is 0. The lowest BCUT2D eigenvalue weighted by Crippen LogP contribution is -3.00. The number of hydrogen-bond donors (Lipinski definition) is 0. The van der Waals surface area contributed by atoms with Crippen molar-refractivity contribution in [2.24, 2.45) is 17.8 Å². The zero-order valence-electron chi connectivity index (χ0n) is 9.17. The van der Waals surface area contributed by atoms with Crippen LogP contribution in [0.4, 0.5) is 0 Å². The van der Waals surface area contributed by atoms with E-state index in [2.05, 4.69) is 18.5 Å². The molecular formula is C12H20IN. The molecule has 14 heavy (non-hydrogen) atoms. The molecule has 0 aromatic rings. The predicted molar refractivity (Wildman–Crippen MR) is 54.2 cm³/mol. The maximum absolute atomic E-state index is 2.60. The third-order valence-electron chi connectivity index (χ3n) is 4.81. The molecule has 4 rings (SSSR count). The van der Waals surface area contributed by atoms with E-state index in [0.717, 1.165) is 23.8 Å². The minimum Gasteiger partial charge on any atom is -1.00 e. The molecule has 2 saturated carbocycles. The van der Waals surface area contributed by atoms with Crippen molar-refractivity contribution in [3.63, 3.8) is 0 Å². The second-order valence-electron chi connectivity index (χ2n) is 5.51. The van der Waals surface area contributed by atoms with E-state index in [1.54, 1.807) is 12.1 Å². The highest BCUT2D eigenvalue weighted by Gasteiger charge is 2.45. The maximum Gasteiger partial charge on any atom is 0.152 e. The first kappa shape index (κ1) is 10.9. The molecule has 1 nitrogen and oxygen atoms in total. The van der Waals surface area contributed by atoms with Gasteiger partial charge in [-0.1, -0.05) is 0 Å². The normalized spacial score (nSPS) is 45.0. The van der Waals surface area contributed by atoms with Gasteiger partial charge in [0, 0.05) is 25.7 Å². The molecule has 0 amide bonds. The Kier molecular flexibility index (Phi) is 2.93. The van der Waals surface area contributed by atoms with Gasteiger partial charge < -0.3 is 24.0 Å². The second kappa shape index (κ2) is 3.76. The van der Waals surface area contributed by atoms with E-state index in [1.807, 2.05) is 0 Å². The highest BCUT2D eigenvalue weighted by molar-refractivity contribution is 5.80. The summed E-state index contributed by atoms with van der Waals surface area (Å²) in [6, 6.07) is 0.899. The van der Waals surface area contributed by atoms with Crippen LogP contribution < -0.4 is 24.0 Å². The molecule has 4 aliphatic rings. The highest BCUT2D eigenvalue weighted by Crippen LogP contribution is 2.45. The van der Waals surface area contributed by atoms with Gasteiger partial charge in [0.1, 0.15) is 7.05 Å². The van der Waals surface area contributed by atoms with Crippen LogP contribution in [0.15, 0.2) is 0 Å². The molecule has 2 aliphatic heterocycles. The maximum atomic E-state index is 2.60. The SMILES string of the molecule is CC1=[N+](C)C2CC3CC(CC1C3)C2.[I-]. The molecule has 2 heterocycles. The van der Waals surface area contributed by atoms with Crippen molar-refractivity contribution in [1.29, 1.82) is 0 Å². The first-order valence-electron chi connectivity index (χ1n) is 5.80. The first-order valence-corrected chi connectivity index (χ1v) is 5.80. The first-order chi connectivity index (χ1) is 6.24. The summed E-state index contributed by atoms with van der Waals surface area (Å²) in [7, 11) is 2.32. The van der Waals surface area contributed by atoms with Crippen LogP contribution in [0.25, 0.3) is 0 Å². The van der Waals surface area contributed by atoms with Gasteiger partial charge in [-0.3, -0.25) is 0 Å². The second-order valence-corrected chi connectivity index (χ2v) is 5.51. The minimum atomic E-state index is 0. The Morgan fingerprint density at radius 2 is 1.57 bits per heavy atom. The molecule has 2 aliphatic carbocycles. The van der Waals surface area contributed by atoms with Crippen LogP contribution in [0.3, 0.4) is 0 Å². The Morgan fingerprint density at radius 3 is 2.14 bits per heavy atom. The van der Waals surface area contributed by atoms with Crippen LogP contribution in [0.2, 0.25) is 0 Å². The summed E-state index contributed by atoms with van der Waals surface area (Å²) >= 11 is 0. The molecule has 2 atom stereocenters.